The maximum atomic E-state index is 13.6. The minimum absolute atomic E-state index is 0.0232. The monoisotopic (exact) mass is 976 g/mol. The molecule has 0 bridgehead atoms. The third kappa shape index (κ3) is 11.9. The molecule has 0 saturated heterocycles. The molecule has 14 nitrogen and oxygen atoms in total. The number of carbonyl (C=O) groups excluding carboxylic acids is 2. The van der Waals surface area contributed by atoms with Gasteiger partial charge in [-0.2, -0.15) is 36.5 Å². The SMILES string of the molecule is Cc1cc(F)c(Br)cc1CC(=O)Nc1ccc(-n2cc(C(F)(F)F)cn2)c(S(N)(=O)=O)c1.NS(=O)(=O)c1cc(NC(=O)Cc2ccccc2C(F)(F)F)ccc1-n1cc(F)cn1. The first-order valence-corrected chi connectivity index (χ1v) is 20.9. The zero-order valence-corrected chi connectivity index (χ0v) is 34.5. The van der Waals surface area contributed by atoms with Crippen LogP contribution in [0.1, 0.15) is 27.8 Å². The number of anilines is 2. The summed E-state index contributed by atoms with van der Waals surface area (Å²) in [5.74, 6) is -2.52. The Morgan fingerprint density at radius 2 is 1.19 bits per heavy atom. The van der Waals surface area contributed by atoms with Crippen LogP contribution in [0, 0.1) is 18.6 Å². The van der Waals surface area contributed by atoms with Crippen LogP contribution in [0.15, 0.2) is 112 Å². The lowest BCUT2D eigenvalue weighted by Gasteiger charge is -2.14. The molecule has 2 aromatic heterocycles. The van der Waals surface area contributed by atoms with Crippen molar-refractivity contribution >= 4 is 59.2 Å². The van der Waals surface area contributed by atoms with Gasteiger partial charge < -0.3 is 10.6 Å². The number of amides is 2. The normalized spacial score (nSPS) is 12.1. The lowest BCUT2D eigenvalue weighted by atomic mass is 10.0. The number of sulfonamides is 2. The van der Waals surface area contributed by atoms with Crippen LogP contribution >= 0.6 is 15.9 Å². The van der Waals surface area contributed by atoms with Gasteiger partial charge in [0.25, 0.3) is 0 Å². The summed E-state index contributed by atoms with van der Waals surface area (Å²) < 4.78 is 154. The molecule has 2 amide bonds. The van der Waals surface area contributed by atoms with Gasteiger partial charge >= 0.3 is 12.4 Å². The van der Waals surface area contributed by atoms with Gasteiger partial charge in [-0.3, -0.25) is 9.59 Å². The molecule has 62 heavy (non-hydrogen) atoms. The maximum Gasteiger partial charge on any atom is 0.419 e. The molecule has 0 atom stereocenters. The number of benzene rings is 4. The van der Waals surface area contributed by atoms with Crippen LogP contribution in [-0.4, -0.2) is 48.2 Å². The standard InChI is InChI=1S/C19H15BrF4N4O3S.C18H14F4N4O3S/c1-10-4-15(21)14(20)5-11(10)6-18(29)27-13-2-3-16(17(7-13)32(25,30)31)28-9-12(8-26-28)19(22,23)24;19-12-9-24-26(10-12)15-6-5-13(8-16(15)30(23,28)29)25-17(27)7-11-3-1-2-4-14(11)18(20,21)22/h2-5,7-9H,6H2,1H3,(H,27,29)(H2,25,30,31);1-6,8-10H,7H2,(H,25,27)(H2,23,28,29). The summed E-state index contributed by atoms with van der Waals surface area (Å²) in [7, 11) is -8.68. The predicted octanol–water partition coefficient (Wildman–Crippen LogP) is 6.79. The second kappa shape index (κ2) is 18.1. The fourth-order valence-electron chi connectivity index (χ4n) is 5.64. The lowest BCUT2D eigenvalue weighted by molar-refractivity contribution is -0.138. The highest BCUT2D eigenvalue weighted by atomic mass is 79.9. The molecule has 6 rings (SSSR count). The molecule has 0 spiro atoms. The summed E-state index contributed by atoms with van der Waals surface area (Å²) in [6.45, 7) is 1.63. The number of aryl methyl sites for hydroxylation is 1. The second-order valence-electron chi connectivity index (χ2n) is 13.0. The van der Waals surface area contributed by atoms with E-state index in [2.05, 4.69) is 36.8 Å². The van der Waals surface area contributed by atoms with Crippen molar-refractivity contribution in [1.82, 2.24) is 19.6 Å². The van der Waals surface area contributed by atoms with Gasteiger partial charge in [-0.15, -0.1) is 0 Å². The summed E-state index contributed by atoms with van der Waals surface area (Å²) in [5, 5.41) is 22.5. The number of alkyl halides is 6. The zero-order chi connectivity index (χ0) is 45.9. The van der Waals surface area contributed by atoms with Crippen molar-refractivity contribution in [1.29, 1.82) is 0 Å². The summed E-state index contributed by atoms with van der Waals surface area (Å²) in [4.78, 5) is 23.7. The predicted molar refractivity (Wildman–Crippen MR) is 210 cm³/mol. The Balaban J connectivity index is 0.000000235. The van der Waals surface area contributed by atoms with Crippen molar-refractivity contribution in [3.05, 3.63) is 142 Å². The van der Waals surface area contributed by atoms with Crippen LogP contribution in [0.4, 0.5) is 46.5 Å². The highest BCUT2D eigenvalue weighted by Gasteiger charge is 2.34. The Bertz CT molecular complexity index is 2900. The van der Waals surface area contributed by atoms with Crippen LogP contribution in [0.2, 0.25) is 0 Å². The van der Waals surface area contributed by atoms with Gasteiger partial charge in [-0.1, -0.05) is 18.2 Å². The van der Waals surface area contributed by atoms with Crippen molar-refractivity contribution in [2.75, 3.05) is 10.6 Å². The Labute approximate surface area is 354 Å². The molecule has 0 saturated carbocycles. The Kier molecular flexibility index (Phi) is 13.8. The summed E-state index contributed by atoms with van der Waals surface area (Å²) >= 11 is 3.05. The average Bonchev–Trinajstić information content (AvgIpc) is 3.83. The fraction of sp³-hybridized carbons (Fsp3) is 0.135. The quantitative estimate of drug-likeness (QED) is 0.107. The summed E-state index contributed by atoms with van der Waals surface area (Å²) in [5.41, 5.74) is -1.44. The summed E-state index contributed by atoms with van der Waals surface area (Å²) in [6.07, 6.45) is -7.06. The number of carbonyl (C=O) groups is 2. The first-order chi connectivity index (χ1) is 28.7. The van der Waals surface area contributed by atoms with Crippen LogP contribution in [-0.2, 0) is 54.8 Å². The minimum Gasteiger partial charge on any atom is -0.326 e. The second-order valence-corrected chi connectivity index (χ2v) is 16.9. The lowest BCUT2D eigenvalue weighted by Crippen LogP contribution is -2.19. The first kappa shape index (κ1) is 47.0. The van der Waals surface area contributed by atoms with E-state index in [0.29, 0.717) is 23.5 Å². The molecule has 2 heterocycles. The van der Waals surface area contributed by atoms with E-state index < -0.39 is 83.2 Å². The number of primary sulfonamides is 2. The Morgan fingerprint density at radius 3 is 1.66 bits per heavy atom. The van der Waals surface area contributed by atoms with Gasteiger partial charge in [-0.05, 0) is 94.1 Å². The van der Waals surface area contributed by atoms with Gasteiger partial charge in [0.15, 0.2) is 5.82 Å². The molecule has 0 aliphatic carbocycles. The molecule has 328 valence electrons. The number of halogens is 9. The van der Waals surface area contributed by atoms with E-state index in [1.54, 1.807) is 6.92 Å². The largest absolute Gasteiger partial charge is 0.419 e. The molecule has 6 aromatic rings. The number of hydrogen-bond donors (Lipinski definition) is 4. The average molecular weight is 978 g/mol. The van der Waals surface area contributed by atoms with Gasteiger partial charge in [0, 0.05) is 17.6 Å². The molecular formula is C37H29BrF8N8O6S2. The fourth-order valence-corrected chi connectivity index (χ4v) is 7.52. The van der Waals surface area contributed by atoms with E-state index in [1.807, 2.05) is 0 Å². The molecule has 25 heteroatoms. The molecule has 4 aromatic carbocycles. The number of nitrogens with one attached hydrogen (secondary N) is 2. The smallest absolute Gasteiger partial charge is 0.326 e. The van der Waals surface area contributed by atoms with Gasteiger partial charge in [-0.25, -0.2) is 45.3 Å². The van der Waals surface area contributed by atoms with Crippen LogP contribution in [0.3, 0.4) is 0 Å². The number of nitrogens with two attached hydrogens (primary N) is 2. The van der Waals surface area contributed by atoms with Gasteiger partial charge in [0.05, 0.1) is 58.4 Å². The third-order valence-electron chi connectivity index (χ3n) is 8.46. The number of nitrogens with zero attached hydrogens (tertiary/aromatic N) is 4. The summed E-state index contributed by atoms with van der Waals surface area (Å²) in [6, 6.07) is 14.3. The van der Waals surface area contributed by atoms with Crippen molar-refractivity contribution in [2.24, 2.45) is 10.3 Å². The Hall–Kier alpha value is -6.02. The minimum atomic E-state index is -4.67. The molecule has 0 unspecified atom stereocenters. The first-order valence-electron chi connectivity index (χ1n) is 17.1. The van der Waals surface area contributed by atoms with E-state index in [1.165, 1.54) is 54.6 Å². The van der Waals surface area contributed by atoms with E-state index in [4.69, 9.17) is 10.3 Å². The maximum absolute atomic E-state index is 13.6. The van der Waals surface area contributed by atoms with Crippen LogP contribution in [0.25, 0.3) is 11.4 Å². The Morgan fingerprint density at radius 1 is 0.694 bits per heavy atom. The van der Waals surface area contributed by atoms with E-state index in [9.17, 15) is 61.5 Å². The zero-order valence-electron chi connectivity index (χ0n) is 31.3. The molecule has 0 radical (unpaired) electrons. The van der Waals surface area contributed by atoms with Crippen molar-refractivity contribution in [3.8, 4) is 11.4 Å². The van der Waals surface area contributed by atoms with Crippen LogP contribution < -0.4 is 20.9 Å². The van der Waals surface area contributed by atoms with E-state index in [-0.39, 0.29) is 39.2 Å². The van der Waals surface area contributed by atoms with Crippen LogP contribution in [0.5, 0.6) is 0 Å². The number of rotatable bonds is 10. The van der Waals surface area contributed by atoms with Gasteiger partial charge in [0.2, 0.25) is 31.9 Å². The number of aromatic nitrogens is 4. The highest BCUT2D eigenvalue weighted by Crippen LogP contribution is 2.33. The van der Waals surface area contributed by atoms with E-state index in [0.717, 1.165) is 40.0 Å². The van der Waals surface area contributed by atoms with Crippen molar-refractivity contribution < 1.29 is 61.5 Å². The molecular weight excluding hydrogens is 948 g/mol. The number of hydrogen-bond acceptors (Lipinski definition) is 8. The van der Waals surface area contributed by atoms with Crippen molar-refractivity contribution in [2.45, 2.75) is 41.9 Å². The molecule has 6 N–H and O–H groups in total. The van der Waals surface area contributed by atoms with E-state index >= 15 is 0 Å². The topological polar surface area (TPSA) is 214 Å². The third-order valence-corrected chi connectivity index (χ3v) is 10.9. The molecule has 0 aliphatic heterocycles. The van der Waals surface area contributed by atoms with Crippen molar-refractivity contribution in [3.63, 3.8) is 0 Å². The molecule has 0 fully saturated rings. The molecule has 0 aliphatic rings. The highest BCUT2D eigenvalue weighted by molar-refractivity contribution is 9.10. The van der Waals surface area contributed by atoms with Gasteiger partial charge in [0.1, 0.15) is 15.6 Å².